The van der Waals surface area contributed by atoms with Crippen LogP contribution < -0.4 is 16.0 Å². The minimum atomic E-state index is -0.138. The van der Waals surface area contributed by atoms with Crippen molar-refractivity contribution in [1.82, 2.24) is 16.0 Å². The summed E-state index contributed by atoms with van der Waals surface area (Å²) >= 11 is 0. The fourth-order valence-electron chi connectivity index (χ4n) is 2.76. The lowest BCUT2D eigenvalue weighted by atomic mass is 9.92. The SMILES string of the molecule is O=C1CCNC/C=C/CCCC(c2ccccc2)C(=O)NCCN1. The molecule has 0 radical (unpaired) electrons. The highest BCUT2D eigenvalue weighted by molar-refractivity contribution is 5.83. The van der Waals surface area contributed by atoms with Gasteiger partial charge < -0.3 is 16.0 Å². The van der Waals surface area contributed by atoms with E-state index in [1.54, 1.807) is 0 Å². The molecule has 1 aromatic rings. The molecule has 0 saturated carbocycles. The van der Waals surface area contributed by atoms with Crippen LogP contribution in [0.5, 0.6) is 0 Å². The van der Waals surface area contributed by atoms with E-state index in [4.69, 9.17) is 0 Å². The highest BCUT2D eigenvalue weighted by atomic mass is 16.2. The molecule has 0 aliphatic carbocycles. The van der Waals surface area contributed by atoms with Crippen molar-refractivity contribution in [2.75, 3.05) is 26.2 Å². The predicted octanol–water partition coefficient (Wildman–Crippen LogP) is 1.72. The van der Waals surface area contributed by atoms with Crippen molar-refractivity contribution in [3.8, 4) is 0 Å². The molecule has 1 unspecified atom stereocenters. The number of rotatable bonds is 1. The van der Waals surface area contributed by atoms with Crippen LogP contribution in [-0.2, 0) is 9.59 Å². The van der Waals surface area contributed by atoms with Crippen LogP contribution in [0.2, 0.25) is 0 Å². The zero-order valence-electron chi connectivity index (χ0n) is 14.1. The lowest BCUT2D eigenvalue weighted by Crippen LogP contribution is -2.37. The number of nitrogens with one attached hydrogen (secondary N) is 3. The third-order valence-corrected chi connectivity index (χ3v) is 4.09. The second kappa shape index (κ2) is 10.6. The van der Waals surface area contributed by atoms with Crippen molar-refractivity contribution in [1.29, 1.82) is 0 Å². The van der Waals surface area contributed by atoms with Gasteiger partial charge in [-0.15, -0.1) is 0 Å². The summed E-state index contributed by atoms with van der Waals surface area (Å²) in [7, 11) is 0. The molecule has 5 heteroatoms. The molecule has 1 heterocycles. The van der Waals surface area contributed by atoms with Crippen molar-refractivity contribution >= 4 is 11.8 Å². The third-order valence-electron chi connectivity index (χ3n) is 4.09. The van der Waals surface area contributed by atoms with Crippen LogP contribution in [0.15, 0.2) is 42.5 Å². The van der Waals surface area contributed by atoms with Gasteiger partial charge in [0.05, 0.1) is 5.92 Å². The molecule has 3 N–H and O–H groups in total. The topological polar surface area (TPSA) is 70.2 Å². The first-order chi connectivity index (χ1) is 11.8. The second-order valence-corrected chi connectivity index (χ2v) is 5.96. The van der Waals surface area contributed by atoms with Crippen molar-refractivity contribution in [2.45, 2.75) is 31.6 Å². The smallest absolute Gasteiger partial charge is 0.227 e. The molecule has 1 aliphatic rings. The molecular weight excluding hydrogens is 302 g/mol. The standard InChI is InChI=1S/C19H27N3O2/c23-18-11-13-20-12-7-2-1-6-10-17(16-8-4-3-5-9-16)19(24)22-15-14-21-18/h2-5,7-9,17,20H,1,6,10-15H2,(H,21,23)(H,22,24)/b7-2+. The lowest BCUT2D eigenvalue weighted by Gasteiger charge is -2.17. The summed E-state index contributed by atoms with van der Waals surface area (Å²) in [6, 6.07) is 9.90. The summed E-state index contributed by atoms with van der Waals surface area (Å²) in [5.74, 6) is -0.0954. The number of hydrogen-bond donors (Lipinski definition) is 3. The van der Waals surface area contributed by atoms with Crippen molar-refractivity contribution in [2.24, 2.45) is 0 Å². The Kier molecular flexibility index (Phi) is 8.04. The van der Waals surface area contributed by atoms with Gasteiger partial charge in [0.25, 0.3) is 0 Å². The largest absolute Gasteiger partial charge is 0.354 e. The van der Waals surface area contributed by atoms with Crippen LogP contribution in [0.3, 0.4) is 0 Å². The Morgan fingerprint density at radius 2 is 1.71 bits per heavy atom. The summed E-state index contributed by atoms with van der Waals surface area (Å²) in [6.07, 6.45) is 7.42. The van der Waals surface area contributed by atoms with E-state index in [-0.39, 0.29) is 17.7 Å². The summed E-state index contributed by atoms with van der Waals surface area (Å²) in [6.45, 7) is 2.36. The average Bonchev–Trinajstić information content (AvgIpc) is 2.60. The molecule has 24 heavy (non-hydrogen) atoms. The van der Waals surface area contributed by atoms with Gasteiger partial charge in [-0.25, -0.2) is 0 Å². The van der Waals surface area contributed by atoms with Crippen LogP contribution >= 0.6 is 0 Å². The number of carbonyl (C=O) groups is 2. The van der Waals surface area contributed by atoms with E-state index >= 15 is 0 Å². The zero-order valence-corrected chi connectivity index (χ0v) is 14.1. The first-order valence-corrected chi connectivity index (χ1v) is 8.72. The molecule has 1 aromatic carbocycles. The minimum absolute atomic E-state index is 0.00688. The Balaban J connectivity index is 1.99. The van der Waals surface area contributed by atoms with E-state index in [9.17, 15) is 9.59 Å². The van der Waals surface area contributed by atoms with Crippen molar-refractivity contribution in [3.05, 3.63) is 48.0 Å². The molecule has 1 aliphatic heterocycles. The maximum Gasteiger partial charge on any atom is 0.227 e. The van der Waals surface area contributed by atoms with Gasteiger partial charge in [-0.05, 0) is 24.8 Å². The van der Waals surface area contributed by atoms with Gasteiger partial charge in [0, 0.05) is 32.6 Å². The molecule has 0 fully saturated rings. The van der Waals surface area contributed by atoms with Gasteiger partial charge in [0.2, 0.25) is 11.8 Å². The molecule has 130 valence electrons. The third kappa shape index (κ3) is 6.54. The number of amides is 2. The van der Waals surface area contributed by atoms with Crippen molar-refractivity contribution < 1.29 is 9.59 Å². The van der Waals surface area contributed by atoms with E-state index in [0.29, 0.717) is 26.1 Å². The van der Waals surface area contributed by atoms with Crippen LogP contribution in [0.4, 0.5) is 0 Å². The molecule has 2 amide bonds. The monoisotopic (exact) mass is 329 g/mol. The molecule has 2 rings (SSSR count). The van der Waals surface area contributed by atoms with Crippen LogP contribution in [0.25, 0.3) is 0 Å². The number of carbonyl (C=O) groups excluding carboxylic acids is 2. The maximum atomic E-state index is 12.5. The Bertz CT molecular complexity index is 543. The van der Waals surface area contributed by atoms with Gasteiger partial charge in [-0.3, -0.25) is 9.59 Å². The van der Waals surface area contributed by atoms with E-state index < -0.39 is 0 Å². The molecule has 0 aromatic heterocycles. The quantitative estimate of drug-likeness (QED) is 0.687. The van der Waals surface area contributed by atoms with Crippen molar-refractivity contribution in [3.63, 3.8) is 0 Å². The Morgan fingerprint density at radius 1 is 0.917 bits per heavy atom. The normalized spacial score (nSPS) is 23.1. The Hall–Kier alpha value is -2.14. The first kappa shape index (κ1) is 18.2. The molecule has 1 atom stereocenters. The van der Waals surface area contributed by atoms with Crippen LogP contribution in [0.1, 0.15) is 37.2 Å². The van der Waals surface area contributed by atoms with E-state index in [0.717, 1.165) is 31.4 Å². The summed E-state index contributed by atoms with van der Waals surface area (Å²) < 4.78 is 0. The van der Waals surface area contributed by atoms with E-state index in [2.05, 4.69) is 28.1 Å². The van der Waals surface area contributed by atoms with E-state index in [1.165, 1.54) is 0 Å². The first-order valence-electron chi connectivity index (χ1n) is 8.72. The van der Waals surface area contributed by atoms with Gasteiger partial charge in [-0.2, -0.15) is 0 Å². The second-order valence-electron chi connectivity index (χ2n) is 5.96. The molecule has 5 nitrogen and oxygen atoms in total. The van der Waals surface area contributed by atoms with Crippen LogP contribution in [-0.4, -0.2) is 38.0 Å². The van der Waals surface area contributed by atoms with Gasteiger partial charge in [0.15, 0.2) is 0 Å². The van der Waals surface area contributed by atoms with Gasteiger partial charge in [-0.1, -0.05) is 42.5 Å². The number of benzene rings is 1. The fourth-order valence-corrected chi connectivity index (χ4v) is 2.76. The fraction of sp³-hybridized carbons (Fsp3) is 0.474. The summed E-state index contributed by atoms with van der Waals surface area (Å²) in [5, 5.41) is 9.00. The molecule has 0 bridgehead atoms. The van der Waals surface area contributed by atoms with Gasteiger partial charge >= 0.3 is 0 Å². The maximum absolute atomic E-state index is 12.5. The number of hydrogen-bond acceptors (Lipinski definition) is 3. The average molecular weight is 329 g/mol. The summed E-state index contributed by atoms with van der Waals surface area (Å²) in [5.41, 5.74) is 1.05. The molecular formula is C19H27N3O2. The Labute approximate surface area is 143 Å². The Morgan fingerprint density at radius 3 is 2.54 bits per heavy atom. The predicted molar refractivity (Wildman–Crippen MR) is 95.7 cm³/mol. The zero-order chi connectivity index (χ0) is 17.0. The van der Waals surface area contributed by atoms with Crippen LogP contribution in [0, 0.1) is 0 Å². The molecule has 0 spiro atoms. The van der Waals surface area contributed by atoms with E-state index in [1.807, 2.05) is 30.3 Å². The highest BCUT2D eigenvalue weighted by Crippen LogP contribution is 2.22. The number of allylic oxidation sites excluding steroid dienone is 1. The van der Waals surface area contributed by atoms with Gasteiger partial charge in [0.1, 0.15) is 0 Å². The highest BCUT2D eigenvalue weighted by Gasteiger charge is 2.19. The molecule has 0 saturated heterocycles. The lowest BCUT2D eigenvalue weighted by molar-refractivity contribution is -0.123. The summed E-state index contributed by atoms with van der Waals surface area (Å²) in [4.78, 5) is 24.2. The minimum Gasteiger partial charge on any atom is -0.354 e.